The zero-order valence-electron chi connectivity index (χ0n) is 16.7. The van der Waals surface area contributed by atoms with Crippen LogP contribution in [0.5, 0.6) is 0 Å². The molecular weight excluding hydrogens is 280 g/mol. The summed E-state index contributed by atoms with van der Waals surface area (Å²) >= 11 is 0. The van der Waals surface area contributed by atoms with Crippen LogP contribution in [-0.2, 0) is 0 Å². The Kier molecular flexibility index (Phi) is 6.35. The highest BCUT2D eigenvalue weighted by molar-refractivity contribution is 5.34. The van der Waals surface area contributed by atoms with E-state index >= 15 is 0 Å². The highest BCUT2D eigenvalue weighted by atomic mass is 15.2. The van der Waals surface area contributed by atoms with Crippen molar-refractivity contribution in [3.05, 3.63) is 11.1 Å². The Morgan fingerprint density at radius 1 is 0.696 bits per heavy atom. The largest absolute Gasteiger partial charge is 0.294 e. The minimum absolute atomic E-state index is 0.168. The van der Waals surface area contributed by atoms with Crippen molar-refractivity contribution in [2.45, 2.75) is 97.6 Å². The van der Waals surface area contributed by atoms with Crippen LogP contribution in [0.2, 0.25) is 0 Å². The summed E-state index contributed by atoms with van der Waals surface area (Å²) < 4.78 is 0. The summed E-state index contributed by atoms with van der Waals surface area (Å²) in [5, 5.41) is 0. The molecule has 2 saturated heterocycles. The van der Waals surface area contributed by atoms with E-state index in [0.717, 1.165) is 0 Å². The van der Waals surface area contributed by atoms with Crippen LogP contribution in [0.4, 0.5) is 0 Å². The molecule has 0 N–H and O–H groups in total. The van der Waals surface area contributed by atoms with E-state index < -0.39 is 0 Å². The van der Waals surface area contributed by atoms with Gasteiger partial charge in [-0.1, -0.05) is 25.3 Å². The summed E-state index contributed by atoms with van der Waals surface area (Å²) in [5.74, 6) is 0. The lowest BCUT2D eigenvalue weighted by atomic mass is 9.74. The molecule has 0 spiro atoms. The molecule has 2 aliphatic heterocycles. The number of piperidine rings is 2. The summed E-state index contributed by atoms with van der Waals surface area (Å²) in [5.41, 5.74) is 3.63. The van der Waals surface area contributed by atoms with E-state index in [1.165, 1.54) is 71.1 Å². The van der Waals surface area contributed by atoms with Crippen molar-refractivity contribution in [1.29, 1.82) is 0 Å². The van der Waals surface area contributed by atoms with Gasteiger partial charge in [0, 0.05) is 11.1 Å². The third-order valence-electron chi connectivity index (χ3n) is 6.47. The van der Waals surface area contributed by atoms with E-state index in [1.807, 2.05) is 0 Å². The molecule has 0 aromatic heterocycles. The quantitative estimate of drug-likeness (QED) is 0.639. The molecular formula is C21H40N2. The van der Waals surface area contributed by atoms with Gasteiger partial charge < -0.3 is 0 Å². The fourth-order valence-electron chi connectivity index (χ4n) is 5.19. The summed E-state index contributed by atoms with van der Waals surface area (Å²) in [6.07, 6.45) is 9.46. The monoisotopic (exact) mass is 320 g/mol. The second kappa shape index (κ2) is 7.70. The summed E-state index contributed by atoms with van der Waals surface area (Å²) in [7, 11) is 0. The van der Waals surface area contributed by atoms with Crippen molar-refractivity contribution in [3.8, 4) is 0 Å². The second-order valence-corrected chi connectivity index (χ2v) is 8.72. The zero-order chi connectivity index (χ0) is 17.1. The van der Waals surface area contributed by atoms with Crippen molar-refractivity contribution in [3.63, 3.8) is 0 Å². The smallest absolute Gasteiger partial charge is 0.0384 e. The van der Waals surface area contributed by atoms with E-state index in [4.69, 9.17) is 0 Å². The summed E-state index contributed by atoms with van der Waals surface area (Å²) in [4.78, 5) is 5.52. The second-order valence-electron chi connectivity index (χ2n) is 8.72. The first-order valence-electron chi connectivity index (χ1n) is 10.0. The van der Waals surface area contributed by atoms with Crippen molar-refractivity contribution in [2.75, 3.05) is 26.2 Å². The molecule has 0 atom stereocenters. The van der Waals surface area contributed by atoms with Gasteiger partial charge in [-0.15, -0.1) is 0 Å². The molecule has 0 aromatic carbocycles. The molecule has 2 heterocycles. The first-order valence-corrected chi connectivity index (χ1v) is 10.0. The molecule has 0 radical (unpaired) electrons. The van der Waals surface area contributed by atoms with Gasteiger partial charge in [-0.2, -0.15) is 0 Å². The van der Waals surface area contributed by atoms with Crippen LogP contribution in [0.3, 0.4) is 0 Å². The maximum atomic E-state index is 2.76. The van der Waals surface area contributed by atoms with Gasteiger partial charge in [-0.25, -0.2) is 0 Å². The third-order valence-corrected chi connectivity index (χ3v) is 6.47. The van der Waals surface area contributed by atoms with Gasteiger partial charge in [0.2, 0.25) is 0 Å². The molecule has 2 fully saturated rings. The molecule has 0 saturated carbocycles. The van der Waals surface area contributed by atoms with Gasteiger partial charge >= 0.3 is 0 Å². The molecule has 0 aliphatic carbocycles. The molecule has 2 aliphatic rings. The lowest BCUT2D eigenvalue weighted by molar-refractivity contribution is 0.0647. The maximum absolute atomic E-state index is 2.76. The number of hydrogen-bond acceptors (Lipinski definition) is 2. The minimum Gasteiger partial charge on any atom is -0.294 e. The Hall–Kier alpha value is -0.340. The first-order chi connectivity index (χ1) is 10.8. The van der Waals surface area contributed by atoms with Gasteiger partial charge in [0.25, 0.3) is 0 Å². The van der Waals surface area contributed by atoms with Crippen molar-refractivity contribution in [1.82, 2.24) is 9.80 Å². The standard InChI is InChI=1S/C21H40N2/c1-7-18(2)19(20(3,4)22-14-10-8-11-15-22)21(5,6)23-16-12-9-13-17-23/h7-17H2,1-6H3. The van der Waals surface area contributed by atoms with Crippen LogP contribution < -0.4 is 0 Å². The van der Waals surface area contributed by atoms with Crippen molar-refractivity contribution >= 4 is 0 Å². The van der Waals surface area contributed by atoms with Crippen LogP contribution >= 0.6 is 0 Å². The SMILES string of the molecule is CCC(C)=C(C(C)(C)N1CCCCC1)C(C)(C)N1CCCCC1. The van der Waals surface area contributed by atoms with Gasteiger partial charge in [-0.05, 0) is 98.5 Å². The van der Waals surface area contributed by atoms with Crippen LogP contribution in [0.15, 0.2) is 11.1 Å². The molecule has 0 amide bonds. The molecule has 2 rings (SSSR count). The van der Waals surface area contributed by atoms with E-state index in [0.29, 0.717) is 0 Å². The lowest BCUT2D eigenvalue weighted by Crippen LogP contribution is -2.58. The molecule has 2 heteroatoms. The highest BCUT2D eigenvalue weighted by Gasteiger charge is 2.43. The van der Waals surface area contributed by atoms with E-state index in [-0.39, 0.29) is 11.1 Å². The van der Waals surface area contributed by atoms with Crippen LogP contribution in [0, 0.1) is 0 Å². The minimum atomic E-state index is 0.168. The molecule has 0 aromatic rings. The van der Waals surface area contributed by atoms with Crippen LogP contribution in [0.25, 0.3) is 0 Å². The van der Waals surface area contributed by atoms with E-state index in [9.17, 15) is 0 Å². The molecule has 23 heavy (non-hydrogen) atoms. The summed E-state index contributed by atoms with van der Waals surface area (Å²) in [6.45, 7) is 19.7. The average molecular weight is 321 g/mol. The molecule has 0 bridgehead atoms. The van der Waals surface area contributed by atoms with Gasteiger partial charge in [-0.3, -0.25) is 9.80 Å². The molecule has 134 valence electrons. The Bertz CT molecular complexity index is 376. The number of likely N-dealkylation sites (tertiary alicyclic amines) is 2. The highest BCUT2D eigenvalue weighted by Crippen LogP contribution is 2.40. The number of nitrogens with zero attached hydrogens (tertiary/aromatic N) is 2. The Morgan fingerprint density at radius 2 is 1.04 bits per heavy atom. The Morgan fingerprint density at radius 3 is 1.35 bits per heavy atom. The van der Waals surface area contributed by atoms with E-state index in [1.54, 1.807) is 11.1 Å². The number of allylic oxidation sites excluding steroid dienone is 1. The third kappa shape index (κ3) is 4.02. The molecule has 0 unspecified atom stereocenters. The van der Waals surface area contributed by atoms with Gasteiger partial charge in [0.15, 0.2) is 0 Å². The predicted molar refractivity (Wildman–Crippen MR) is 102 cm³/mol. The molecule has 2 nitrogen and oxygen atoms in total. The number of rotatable bonds is 5. The average Bonchev–Trinajstić information content (AvgIpc) is 2.56. The van der Waals surface area contributed by atoms with Crippen molar-refractivity contribution in [2.24, 2.45) is 0 Å². The van der Waals surface area contributed by atoms with Crippen LogP contribution in [0.1, 0.15) is 86.5 Å². The maximum Gasteiger partial charge on any atom is 0.0384 e. The first kappa shape index (κ1) is 19.0. The topological polar surface area (TPSA) is 6.48 Å². The Labute approximate surface area is 145 Å². The summed E-state index contributed by atoms with van der Waals surface area (Å²) in [6, 6.07) is 0. The lowest BCUT2D eigenvalue weighted by Gasteiger charge is -2.52. The number of hydrogen-bond donors (Lipinski definition) is 0. The van der Waals surface area contributed by atoms with Crippen LogP contribution in [-0.4, -0.2) is 47.1 Å². The predicted octanol–water partition coefficient (Wildman–Crippen LogP) is 5.24. The zero-order valence-corrected chi connectivity index (χ0v) is 16.7. The fraction of sp³-hybridized carbons (Fsp3) is 0.905. The van der Waals surface area contributed by atoms with Gasteiger partial charge in [0.1, 0.15) is 0 Å². The normalized spacial score (nSPS) is 22.2. The Balaban J connectivity index is 2.36. The van der Waals surface area contributed by atoms with Crippen molar-refractivity contribution < 1.29 is 0 Å². The fourth-order valence-corrected chi connectivity index (χ4v) is 5.19. The van der Waals surface area contributed by atoms with E-state index in [2.05, 4.69) is 51.3 Å². The van der Waals surface area contributed by atoms with Gasteiger partial charge in [0.05, 0.1) is 0 Å².